The second kappa shape index (κ2) is 6.85. The van der Waals surface area contributed by atoms with Gasteiger partial charge in [0.05, 0.1) is 10.9 Å². The predicted octanol–water partition coefficient (Wildman–Crippen LogP) is 2.56. The number of halogens is 1. The van der Waals surface area contributed by atoms with E-state index in [1.165, 1.54) is 17.4 Å². The summed E-state index contributed by atoms with van der Waals surface area (Å²) in [5.74, 6) is 0. The fraction of sp³-hybridized carbons (Fsp3) is 0.308. The highest BCUT2D eigenvalue weighted by Gasteiger charge is 2.20. The van der Waals surface area contributed by atoms with Crippen molar-refractivity contribution < 1.29 is 8.42 Å². The van der Waals surface area contributed by atoms with Crippen LogP contribution in [0.2, 0.25) is 5.02 Å². The number of thiazole rings is 1. The largest absolute Gasteiger partial charge is 0.316 e. The van der Waals surface area contributed by atoms with E-state index in [0.29, 0.717) is 11.6 Å². The summed E-state index contributed by atoms with van der Waals surface area (Å²) in [7, 11) is -1.82. The molecule has 0 saturated carbocycles. The summed E-state index contributed by atoms with van der Waals surface area (Å²) in [5.41, 5.74) is 0.853. The minimum atomic E-state index is -3.63. The van der Waals surface area contributed by atoms with Crippen molar-refractivity contribution in [2.45, 2.75) is 24.4 Å². The van der Waals surface area contributed by atoms with E-state index in [0.717, 1.165) is 10.6 Å². The first-order chi connectivity index (χ1) is 9.94. The average Bonchev–Trinajstić information content (AvgIpc) is 2.95. The number of hydrogen-bond acceptors (Lipinski definition) is 5. The van der Waals surface area contributed by atoms with Crippen LogP contribution in [-0.4, -0.2) is 20.4 Å². The maximum absolute atomic E-state index is 12.4. The Kier molecular flexibility index (Phi) is 5.34. The van der Waals surface area contributed by atoms with Crippen LogP contribution >= 0.6 is 22.9 Å². The van der Waals surface area contributed by atoms with Crippen molar-refractivity contribution in [2.24, 2.45) is 0 Å². The van der Waals surface area contributed by atoms with Crippen molar-refractivity contribution in [3.8, 4) is 0 Å². The van der Waals surface area contributed by atoms with Crippen LogP contribution in [0.25, 0.3) is 0 Å². The topological polar surface area (TPSA) is 71.1 Å². The molecule has 8 heteroatoms. The van der Waals surface area contributed by atoms with E-state index in [9.17, 15) is 8.42 Å². The van der Waals surface area contributed by atoms with Crippen molar-refractivity contribution in [3.63, 3.8) is 0 Å². The Hall–Kier alpha value is -0.990. The molecule has 114 valence electrons. The molecule has 0 radical (unpaired) electrons. The lowest BCUT2D eigenvalue weighted by Gasteiger charge is -2.13. The van der Waals surface area contributed by atoms with Gasteiger partial charge in [0, 0.05) is 23.1 Å². The van der Waals surface area contributed by atoms with Crippen molar-refractivity contribution in [3.05, 3.63) is 45.4 Å². The maximum atomic E-state index is 12.4. The minimum absolute atomic E-state index is 0.149. The summed E-state index contributed by atoms with van der Waals surface area (Å²) in [4.78, 5) is 4.26. The number of sulfonamides is 1. The molecule has 0 saturated heterocycles. The highest BCUT2D eigenvalue weighted by Crippen LogP contribution is 2.23. The number of hydrogen-bond donors (Lipinski definition) is 2. The second-order valence-corrected chi connectivity index (χ2v) is 7.54. The Bertz CT molecular complexity index is 702. The van der Waals surface area contributed by atoms with Gasteiger partial charge in [-0.05, 0) is 31.7 Å². The summed E-state index contributed by atoms with van der Waals surface area (Å²) in [5, 5.41) is 5.93. The Balaban J connectivity index is 2.21. The first kappa shape index (κ1) is 16.4. The van der Waals surface area contributed by atoms with Crippen LogP contribution in [0.3, 0.4) is 0 Å². The summed E-state index contributed by atoms with van der Waals surface area (Å²) < 4.78 is 27.3. The molecule has 1 unspecified atom stereocenters. The van der Waals surface area contributed by atoms with Crippen LogP contribution in [0.1, 0.15) is 23.5 Å². The zero-order chi connectivity index (χ0) is 15.5. The van der Waals surface area contributed by atoms with Gasteiger partial charge in [0.1, 0.15) is 5.01 Å². The molecule has 0 aliphatic rings. The molecule has 2 N–H and O–H groups in total. The molecule has 0 bridgehead atoms. The Morgan fingerprint density at radius 3 is 2.76 bits per heavy atom. The van der Waals surface area contributed by atoms with Gasteiger partial charge in [-0.3, -0.25) is 0 Å². The Morgan fingerprint density at radius 1 is 1.43 bits per heavy atom. The van der Waals surface area contributed by atoms with Crippen LogP contribution in [0.5, 0.6) is 0 Å². The molecular formula is C13H16ClN3O2S2. The van der Waals surface area contributed by atoms with Crippen molar-refractivity contribution in [2.75, 3.05) is 7.05 Å². The lowest BCUT2D eigenvalue weighted by atomic mass is 10.2. The molecule has 0 amide bonds. The molecular weight excluding hydrogens is 330 g/mol. The third-order valence-electron chi connectivity index (χ3n) is 2.86. The summed E-state index contributed by atoms with van der Waals surface area (Å²) >= 11 is 7.51. The van der Waals surface area contributed by atoms with Gasteiger partial charge >= 0.3 is 0 Å². The predicted molar refractivity (Wildman–Crippen MR) is 85.1 cm³/mol. The lowest BCUT2D eigenvalue weighted by Crippen LogP contribution is -2.26. The van der Waals surface area contributed by atoms with E-state index >= 15 is 0 Å². The third-order valence-corrected chi connectivity index (χ3v) is 5.70. The normalized spacial score (nSPS) is 13.3. The molecule has 5 nitrogen and oxygen atoms in total. The molecule has 1 aromatic heterocycles. The van der Waals surface area contributed by atoms with Crippen LogP contribution in [0, 0.1) is 0 Å². The second-order valence-electron chi connectivity index (χ2n) is 4.50. The minimum Gasteiger partial charge on any atom is -0.316 e. The molecule has 21 heavy (non-hydrogen) atoms. The fourth-order valence-corrected chi connectivity index (χ4v) is 4.09. The summed E-state index contributed by atoms with van der Waals surface area (Å²) in [6.07, 6.45) is 1.65. The van der Waals surface area contributed by atoms with Gasteiger partial charge in [-0.25, -0.2) is 18.1 Å². The number of benzene rings is 1. The number of rotatable bonds is 6. The summed E-state index contributed by atoms with van der Waals surface area (Å²) in [6, 6.07) is 4.34. The first-order valence-corrected chi connectivity index (χ1v) is 9.03. The van der Waals surface area contributed by atoms with Gasteiger partial charge in [-0.15, -0.1) is 11.3 Å². The zero-order valence-electron chi connectivity index (χ0n) is 11.6. The lowest BCUT2D eigenvalue weighted by molar-refractivity contribution is 0.566. The molecule has 1 heterocycles. The van der Waals surface area contributed by atoms with Gasteiger partial charge in [0.2, 0.25) is 10.0 Å². The highest BCUT2D eigenvalue weighted by atomic mass is 35.5. The molecule has 2 aromatic rings. The smallest absolute Gasteiger partial charge is 0.241 e. The van der Waals surface area contributed by atoms with Gasteiger partial charge in [-0.1, -0.05) is 17.7 Å². The monoisotopic (exact) mass is 345 g/mol. The van der Waals surface area contributed by atoms with E-state index in [2.05, 4.69) is 15.0 Å². The van der Waals surface area contributed by atoms with Crippen LogP contribution in [-0.2, 0) is 16.6 Å². The van der Waals surface area contributed by atoms with Gasteiger partial charge in [0.25, 0.3) is 0 Å². The molecule has 0 fully saturated rings. The van der Waals surface area contributed by atoms with Crippen molar-refractivity contribution >= 4 is 33.0 Å². The molecule has 0 aliphatic carbocycles. The SMILES string of the molecule is CNCc1ccc(S(=O)(=O)NC(C)c2nccs2)cc1Cl. The highest BCUT2D eigenvalue weighted by molar-refractivity contribution is 7.89. The van der Waals surface area contributed by atoms with E-state index < -0.39 is 10.0 Å². The van der Waals surface area contributed by atoms with E-state index in [-0.39, 0.29) is 10.9 Å². The molecule has 2 rings (SSSR count). The Morgan fingerprint density at radius 2 is 2.19 bits per heavy atom. The molecule has 1 atom stereocenters. The van der Waals surface area contributed by atoms with Gasteiger partial charge in [-0.2, -0.15) is 0 Å². The molecule has 0 spiro atoms. The first-order valence-electron chi connectivity index (χ1n) is 6.29. The quantitative estimate of drug-likeness (QED) is 0.844. The van der Waals surface area contributed by atoms with E-state index in [1.807, 2.05) is 5.38 Å². The number of nitrogens with one attached hydrogen (secondary N) is 2. The number of nitrogens with zero attached hydrogens (tertiary/aromatic N) is 1. The van der Waals surface area contributed by atoms with Gasteiger partial charge in [0.15, 0.2) is 0 Å². The van der Waals surface area contributed by atoms with Crippen LogP contribution in [0.4, 0.5) is 0 Å². The van der Waals surface area contributed by atoms with E-state index in [4.69, 9.17) is 11.6 Å². The molecule has 0 aliphatic heterocycles. The van der Waals surface area contributed by atoms with E-state index in [1.54, 1.807) is 32.3 Å². The zero-order valence-corrected chi connectivity index (χ0v) is 14.0. The summed E-state index contributed by atoms with van der Waals surface area (Å²) in [6.45, 7) is 2.34. The fourth-order valence-electron chi connectivity index (χ4n) is 1.83. The standard InChI is InChI=1S/C13H16ClN3O2S2/c1-9(13-16-5-6-20-13)17-21(18,19)11-4-3-10(8-15-2)12(14)7-11/h3-7,9,15,17H,8H2,1-2H3. The third kappa shape index (κ3) is 4.02. The Labute approximate surface area is 133 Å². The van der Waals surface area contributed by atoms with Crippen molar-refractivity contribution in [1.29, 1.82) is 0 Å². The average molecular weight is 346 g/mol. The number of aromatic nitrogens is 1. The van der Waals surface area contributed by atoms with Crippen LogP contribution in [0.15, 0.2) is 34.7 Å². The maximum Gasteiger partial charge on any atom is 0.241 e. The van der Waals surface area contributed by atoms with Crippen molar-refractivity contribution in [1.82, 2.24) is 15.0 Å². The van der Waals surface area contributed by atoms with Crippen LogP contribution < -0.4 is 10.0 Å². The molecule has 1 aromatic carbocycles. The van der Waals surface area contributed by atoms with Gasteiger partial charge < -0.3 is 5.32 Å².